The Morgan fingerprint density at radius 1 is 1.12 bits per heavy atom. The summed E-state index contributed by atoms with van der Waals surface area (Å²) in [5.41, 5.74) is 1.66. The molecule has 0 aliphatic carbocycles. The van der Waals surface area contributed by atoms with Gasteiger partial charge < -0.3 is 20.1 Å². The van der Waals surface area contributed by atoms with Crippen molar-refractivity contribution in [3.05, 3.63) is 42.0 Å². The molecule has 0 bridgehead atoms. The number of carbonyl (C=O) groups is 1. The third-order valence-electron chi connectivity index (χ3n) is 3.93. The van der Waals surface area contributed by atoms with Crippen LogP contribution in [0.2, 0.25) is 0 Å². The molecule has 0 saturated heterocycles. The van der Waals surface area contributed by atoms with Crippen LogP contribution in [0.4, 0.5) is 11.4 Å². The zero-order valence-corrected chi connectivity index (χ0v) is 15.3. The van der Waals surface area contributed by atoms with E-state index in [1.807, 2.05) is 6.92 Å². The van der Waals surface area contributed by atoms with Crippen molar-refractivity contribution in [2.24, 2.45) is 0 Å². The van der Waals surface area contributed by atoms with Crippen LogP contribution in [0, 0.1) is 6.92 Å². The smallest absolute Gasteiger partial charge is 0.263 e. The normalized spacial score (nSPS) is 17.6. The molecule has 1 aliphatic rings. The van der Waals surface area contributed by atoms with Gasteiger partial charge in [-0.25, -0.2) is 8.42 Å². The molecule has 0 aromatic heterocycles. The Bertz CT molecular complexity index is 959. The van der Waals surface area contributed by atoms with Crippen molar-refractivity contribution in [3.8, 4) is 11.5 Å². The van der Waals surface area contributed by atoms with E-state index in [1.54, 1.807) is 30.3 Å². The fourth-order valence-electron chi connectivity index (χ4n) is 2.62. The van der Waals surface area contributed by atoms with Crippen LogP contribution in [0.5, 0.6) is 11.5 Å². The number of hydrogen-bond donors (Lipinski definition) is 3. The average molecular weight is 377 g/mol. The van der Waals surface area contributed by atoms with Crippen LogP contribution in [-0.2, 0) is 14.8 Å². The lowest BCUT2D eigenvalue weighted by Crippen LogP contribution is -2.51. The minimum atomic E-state index is -3.80. The number of aryl methyl sites for hydroxylation is 1. The van der Waals surface area contributed by atoms with Crippen molar-refractivity contribution in [2.75, 3.05) is 24.9 Å². The number of carbonyl (C=O) groups excluding carboxylic acids is 1. The van der Waals surface area contributed by atoms with Crippen LogP contribution in [0.25, 0.3) is 0 Å². The Hall–Kier alpha value is -2.78. The summed E-state index contributed by atoms with van der Waals surface area (Å²) in [6.07, 6.45) is -1.15. The topological polar surface area (TPSA) is 106 Å². The highest BCUT2D eigenvalue weighted by atomic mass is 32.2. The predicted octanol–water partition coefficient (Wildman–Crippen LogP) is 1.68. The van der Waals surface area contributed by atoms with Gasteiger partial charge in [0.25, 0.3) is 5.91 Å². The van der Waals surface area contributed by atoms with Gasteiger partial charge in [0.1, 0.15) is 16.4 Å². The van der Waals surface area contributed by atoms with Crippen LogP contribution < -0.4 is 24.8 Å². The second-order valence-corrected chi connectivity index (χ2v) is 7.44. The summed E-state index contributed by atoms with van der Waals surface area (Å²) in [5, 5.41) is 5.56. The van der Waals surface area contributed by atoms with Gasteiger partial charge in [-0.3, -0.25) is 4.79 Å². The molecule has 26 heavy (non-hydrogen) atoms. The van der Waals surface area contributed by atoms with Crippen LogP contribution in [0.15, 0.2) is 41.3 Å². The number of ether oxygens (including phenoxy) is 2. The molecule has 3 rings (SSSR count). The first kappa shape index (κ1) is 18.0. The highest BCUT2D eigenvalue weighted by molar-refractivity contribution is 7.89. The number of nitrogens with one attached hydrogen (secondary N) is 3. The van der Waals surface area contributed by atoms with Gasteiger partial charge >= 0.3 is 0 Å². The molecule has 0 saturated carbocycles. The number of anilines is 2. The Morgan fingerprint density at radius 2 is 1.88 bits per heavy atom. The van der Waals surface area contributed by atoms with E-state index in [0.717, 1.165) is 5.56 Å². The van der Waals surface area contributed by atoms with Crippen molar-refractivity contribution in [1.82, 2.24) is 4.72 Å². The van der Waals surface area contributed by atoms with E-state index in [2.05, 4.69) is 15.4 Å². The number of amides is 1. The highest BCUT2D eigenvalue weighted by Gasteiger charge is 2.33. The molecule has 138 valence electrons. The molecule has 1 amide bonds. The van der Waals surface area contributed by atoms with E-state index < -0.39 is 22.1 Å². The first-order valence-corrected chi connectivity index (χ1v) is 9.25. The molecule has 0 spiro atoms. The third-order valence-corrected chi connectivity index (χ3v) is 5.41. The summed E-state index contributed by atoms with van der Waals surface area (Å²) in [6.45, 7) is 1.84. The van der Waals surface area contributed by atoms with Gasteiger partial charge in [-0.2, -0.15) is 4.72 Å². The van der Waals surface area contributed by atoms with Crippen molar-refractivity contribution >= 4 is 27.3 Å². The van der Waals surface area contributed by atoms with Crippen molar-refractivity contribution in [3.63, 3.8) is 0 Å². The molecule has 1 atom stereocenters. The van der Waals surface area contributed by atoms with Gasteiger partial charge in [-0.05, 0) is 36.8 Å². The van der Waals surface area contributed by atoms with Gasteiger partial charge in [0.2, 0.25) is 10.0 Å². The Balaban J connectivity index is 1.86. The maximum Gasteiger partial charge on any atom is 0.263 e. The molecule has 9 heteroatoms. The summed E-state index contributed by atoms with van der Waals surface area (Å²) in [5.74, 6) is 0.401. The van der Waals surface area contributed by atoms with Crippen molar-refractivity contribution < 1.29 is 22.7 Å². The molecule has 8 nitrogen and oxygen atoms in total. The zero-order valence-electron chi connectivity index (χ0n) is 14.5. The number of hydrogen-bond acceptors (Lipinski definition) is 6. The summed E-state index contributed by atoms with van der Waals surface area (Å²) in [4.78, 5) is 12.7. The molecular formula is C17H19N3O5S. The van der Waals surface area contributed by atoms with Gasteiger partial charge in [0, 0.05) is 6.07 Å². The van der Waals surface area contributed by atoms with Gasteiger partial charge in [-0.15, -0.1) is 0 Å². The number of rotatable bonds is 4. The Labute approximate surface area is 151 Å². The van der Waals surface area contributed by atoms with E-state index in [-0.39, 0.29) is 4.90 Å². The molecule has 0 fully saturated rings. The monoisotopic (exact) mass is 377 g/mol. The largest absolute Gasteiger partial charge is 0.497 e. The molecule has 1 heterocycles. The van der Waals surface area contributed by atoms with E-state index in [1.165, 1.54) is 20.3 Å². The molecule has 2 aromatic rings. The summed E-state index contributed by atoms with van der Waals surface area (Å²) >= 11 is 0. The van der Waals surface area contributed by atoms with E-state index in [0.29, 0.717) is 22.9 Å². The Kier molecular flexibility index (Phi) is 4.75. The summed E-state index contributed by atoms with van der Waals surface area (Å²) in [6, 6.07) is 9.78. The SMILES string of the molecule is COc1ccc(NC(=O)[C@H]2Nc3cc(C)ccc3S(=O)(=O)N2)c(OC)c1. The molecule has 3 N–H and O–H groups in total. The molecule has 1 aliphatic heterocycles. The van der Waals surface area contributed by atoms with E-state index in [4.69, 9.17) is 9.47 Å². The lowest BCUT2D eigenvalue weighted by Gasteiger charge is -2.27. The van der Waals surface area contributed by atoms with Crippen LogP contribution in [0.1, 0.15) is 5.56 Å². The van der Waals surface area contributed by atoms with E-state index in [9.17, 15) is 13.2 Å². The second-order valence-electron chi connectivity index (χ2n) is 5.75. The quantitative estimate of drug-likeness (QED) is 0.749. The lowest BCUT2D eigenvalue weighted by molar-refractivity contribution is -0.117. The predicted molar refractivity (Wildman–Crippen MR) is 97.1 cm³/mol. The number of methoxy groups -OCH3 is 2. The molecule has 2 aromatic carbocycles. The number of benzene rings is 2. The zero-order chi connectivity index (χ0) is 18.9. The minimum Gasteiger partial charge on any atom is -0.497 e. The van der Waals surface area contributed by atoms with Gasteiger partial charge in [-0.1, -0.05) is 6.07 Å². The molecular weight excluding hydrogens is 358 g/mol. The van der Waals surface area contributed by atoms with E-state index >= 15 is 0 Å². The van der Waals surface area contributed by atoms with Crippen LogP contribution in [-0.4, -0.2) is 34.7 Å². The van der Waals surface area contributed by atoms with Gasteiger partial charge in [0.05, 0.1) is 25.6 Å². The number of fused-ring (bicyclic) bond motifs is 1. The maximum absolute atomic E-state index is 12.6. The first-order valence-electron chi connectivity index (χ1n) is 7.76. The summed E-state index contributed by atoms with van der Waals surface area (Å²) < 4.78 is 37.5. The van der Waals surface area contributed by atoms with Gasteiger partial charge in [0.15, 0.2) is 6.17 Å². The molecule has 0 radical (unpaired) electrons. The maximum atomic E-state index is 12.6. The first-order chi connectivity index (χ1) is 12.3. The van der Waals surface area contributed by atoms with Crippen molar-refractivity contribution in [1.29, 1.82) is 0 Å². The second kappa shape index (κ2) is 6.85. The molecule has 0 unspecified atom stereocenters. The van der Waals surface area contributed by atoms with Crippen LogP contribution in [0.3, 0.4) is 0 Å². The third kappa shape index (κ3) is 3.44. The Morgan fingerprint density at radius 3 is 2.58 bits per heavy atom. The fourth-order valence-corrected chi connectivity index (χ4v) is 3.88. The fraction of sp³-hybridized carbons (Fsp3) is 0.235. The highest BCUT2D eigenvalue weighted by Crippen LogP contribution is 2.30. The number of sulfonamides is 1. The summed E-state index contributed by atoms with van der Waals surface area (Å²) in [7, 11) is -0.812. The van der Waals surface area contributed by atoms with Crippen molar-refractivity contribution in [2.45, 2.75) is 18.0 Å². The standard InChI is InChI=1S/C17H19N3O5S/c1-10-4-7-15-13(8-10)18-16(20-26(15,22)23)17(21)19-12-6-5-11(24-2)9-14(12)25-3/h4-9,16,18,20H,1-3H3,(H,19,21)/t16-/m0/s1. The minimum absolute atomic E-state index is 0.106. The lowest BCUT2D eigenvalue weighted by atomic mass is 10.2. The average Bonchev–Trinajstić information content (AvgIpc) is 2.60. The van der Waals surface area contributed by atoms with Crippen LogP contribution >= 0.6 is 0 Å².